The molecule has 0 atom stereocenters. The van der Waals surface area contributed by atoms with Crippen LogP contribution < -0.4 is 10.1 Å². The molecular weight excluding hydrogens is 370 g/mol. The number of rotatable bonds is 8. The molecule has 30 heavy (non-hydrogen) atoms. The second kappa shape index (κ2) is 9.68. The molecule has 1 amide bonds. The first kappa shape index (κ1) is 21.0. The molecule has 160 valence electrons. The molecule has 0 radical (unpaired) electrons. The highest BCUT2D eigenvalue weighted by Crippen LogP contribution is 2.38. The van der Waals surface area contributed by atoms with Crippen LogP contribution in [0.3, 0.4) is 0 Å². The van der Waals surface area contributed by atoms with Crippen LogP contribution in [-0.2, 0) is 11.2 Å². The van der Waals surface area contributed by atoms with Gasteiger partial charge in [0.25, 0.3) is 0 Å². The highest BCUT2D eigenvalue weighted by molar-refractivity contribution is 5.93. The Hall–Kier alpha value is -2.29. The Bertz CT molecular complexity index is 878. The molecule has 0 heterocycles. The highest BCUT2D eigenvalue weighted by Gasteiger charge is 2.23. The van der Waals surface area contributed by atoms with E-state index < -0.39 is 0 Å². The Morgan fingerprint density at radius 1 is 1.03 bits per heavy atom. The predicted molar refractivity (Wildman–Crippen MR) is 124 cm³/mol. The van der Waals surface area contributed by atoms with Gasteiger partial charge in [0.1, 0.15) is 5.75 Å². The minimum Gasteiger partial charge on any atom is -0.494 e. The zero-order chi connectivity index (χ0) is 20.9. The van der Waals surface area contributed by atoms with Crippen LogP contribution >= 0.6 is 0 Å². The first-order valence-corrected chi connectivity index (χ1v) is 11.8. The largest absolute Gasteiger partial charge is 0.494 e. The average molecular weight is 406 g/mol. The van der Waals surface area contributed by atoms with Gasteiger partial charge in [0.15, 0.2) is 0 Å². The monoisotopic (exact) mass is 405 g/mol. The Morgan fingerprint density at radius 3 is 2.57 bits per heavy atom. The zero-order valence-corrected chi connectivity index (χ0v) is 18.5. The maximum atomic E-state index is 12.8. The molecule has 3 heteroatoms. The highest BCUT2D eigenvalue weighted by atomic mass is 16.5. The molecule has 0 unspecified atom stereocenters. The lowest BCUT2D eigenvalue weighted by molar-refractivity contribution is -0.120. The minimum absolute atomic E-state index is 0.179. The smallest absolute Gasteiger partial charge is 0.227 e. The van der Waals surface area contributed by atoms with E-state index in [1.807, 2.05) is 13.0 Å². The maximum Gasteiger partial charge on any atom is 0.227 e. The number of hydrogen-bond donors (Lipinski definition) is 1. The molecule has 2 aromatic carbocycles. The lowest BCUT2D eigenvalue weighted by Gasteiger charge is -2.21. The Labute approximate surface area is 181 Å². The Balaban J connectivity index is 1.60. The fraction of sp³-hybridized carbons (Fsp3) is 0.519. The van der Waals surface area contributed by atoms with Gasteiger partial charge in [-0.05, 0) is 85.9 Å². The third kappa shape index (κ3) is 5.06. The molecule has 4 rings (SSSR count). The van der Waals surface area contributed by atoms with Crippen LogP contribution in [0.2, 0.25) is 0 Å². The summed E-state index contributed by atoms with van der Waals surface area (Å²) < 4.78 is 5.83. The minimum atomic E-state index is 0.179. The second-order valence-electron chi connectivity index (χ2n) is 9.04. The SMILES string of the molecule is CCOc1cccc(-c2ccc(NC(=O)C3CCCCC3)cc2CCC2CC2)c1C. The molecule has 2 fully saturated rings. The molecule has 2 aliphatic rings. The van der Waals surface area contributed by atoms with Crippen LogP contribution in [0.5, 0.6) is 5.75 Å². The van der Waals surface area contributed by atoms with Crippen molar-refractivity contribution < 1.29 is 9.53 Å². The van der Waals surface area contributed by atoms with E-state index in [-0.39, 0.29) is 11.8 Å². The summed E-state index contributed by atoms with van der Waals surface area (Å²) in [5.74, 6) is 2.22. The van der Waals surface area contributed by atoms with Gasteiger partial charge >= 0.3 is 0 Å². The van der Waals surface area contributed by atoms with Gasteiger partial charge in [-0.25, -0.2) is 0 Å². The van der Waals surface area contributed by atoms with E-state index in [1.165, 1.54) is 60.8 Å². The third-order valence-electron chi connectivity index (χ3n) is 6.74. The molecule has 3 nitrogen and oxygen atoms in total. The molecule has 0 saturated heterocycles. The van der Waals surface area contributed by atoms with Crippen molar-refractivity contribution in [2.45, 2.75) is 71.6 Å². The lowest BCUT2D eigenvalue weighted by Crippen LogP contribution is -2.24. The van der Waals surface area contributed by atoms with Gasteiger partial charge < -0.3 is 10.1 Å². The maximum absolute atomic E-state index is 12.8. The molecule has 2 saturated carbocycles. The number of anilines is 1. The summed E-state index contributed by atoms with van der Waals surface area (Å²) in [6.45, 7) is 4.84. The molecule has 0 spiro atoms. The number of ether oxygens (including phenoxy) is 1. The molecule has 0 aromatic heterocycles. The van der Waals surface area contributed by atoms with Crippen molar-refractivity contribution in [3.63, 3.8) is 0 Å². The Kier molecular flexibility index (Phi) is 6.76. The van der Waals surface area contributed by atoms with Gasteiger partial charge in [-0.15, -0.1) is 0 Å². The van der Waals surface area contributed by atoms with Crippen molar-refractivity contribution in [1.29, 1.82) is 0 Å². The lowest BCUT2D eigenvalue weighted by atomic mass is 9.88. The molecule has 0 bridgehead atoms. The number of nitrogens with one attached hydrogen (secondary N) is 1. The number of benzene rings is 2. The van der Waals surface area contributed by atoms with Crippen LogP contribution in [-0.4, -0.2) is 12.5 Å². The van der Waals surface area contributed by atoms with Crippen molar-refractivity contribution >= 4 is 11.6 Å². The second-order valence-corrected chi connectivity index (χ2v) is 9.04. The number of hydrogen-bond acceptors (Lipinski definition) is 2. The molecule has 2 aromatic rings. The number of carbonyl (C=O) groups is 1. The summed E-state index contributed by atoms with van der Waals surface area (Å²) in [5, 5.41) is 3.22. The first-order valence-electron chi connectivity index (χ1n) is 11.8. The van der Waals surface area contributed by atoms with Crippen LogP contribution in [0.1, 0.15) is 69.4 Å². The van der Waals surface area contributed by atoms with E-state index in [2.05, 4.69) is 42.6 Å². The third-order valence-corrected chi connectivity index (χ3v) is 6.74. The van der Waals surface area contributed by atoms with E-state index >= 15 is 0 Å². The van der Waals surface area contributed by atoms with E-state index in [9.17, 15) is 4.79 Å². The quantitative estimate of drug-likeness (QED) is 0.517. The van der Waals surface area contributed by atoms with Crippen LogP contribution in [0, 0.1) is 18.8 Å². The zero-order valence-electron chi connectivity index (χ0n) is 18.5. The van der Waals surface area contributed by atoms with Gasteiger partial charge in [0, 0.05) is 11.6 Å². The topological polar surface area (TPSA) is 38.3 Å². The summed E-state index contributed by atoms with van der Waals surface area (Å²) >= 11 is 0. The fourth-order valence-electron chi connectivity index (χ4n) is 4.73. The van der Waals surface area contributed by atoms with Gasteiger partial charge in [0.05, 0.1) is 6.61 Å². The van der Waals surface area contributed by atoms with Gasteiger partial charge in [0.2, 0.25) is 5.91 Å². The van der Waals surface area contributed by atoms with E-state index in [0.29, 0.717) is 6.61 Å². The van der Waals surface area contributed by atoms with Gasteiger partial charge in [-0.1, -0.05) is 50.3 Å². The van der Waals surface area contributed by atoms with Crippen molar-refractivity contribution in [2.75, 3.05) is 11.9 Å². The van der Waals surface area contributed by atoms with E-state index in [4.69, 9.17) is 4.74 Å². The average Bonchev–Trinajstić information content (AvgIpc) is 3.59. The van der Waals surface area contributed by atoms with Gasteiger partial charge in [-0.2, -0.15) is 0 Å². The summed E-state index contributed by atoms with van der Waals surface area (Å²) in [4.78, 5) is 12.8. The predicted octanol–water partition coefficient (Wildman–Crippen LogP) is 6.92. The summed E-state index contributed by atoms with van der Waals surface area (Å²) in [7, 11) is 0. The van der Waals surface area contributed by atoms with Crippen LogP contribution in [0.15, 0.2) is 36.4 Å². The molecule has 1 N–H and O–H groups in total. The molecule has 2 aliphatic carbocycles. The number of carbonyl (C=O) groups excluding carboxylic acids is 1. The van der Waals surface area contributed by atoms with Crippen molar-refractivity contribution in [1.82, 2.24) is 0 Å². The van der Waals surface area contributed by atoms with Crippen molar-refractivity contribution in [3.8, 4) is 16.9 Å². The van der Waals surface area contributed by atoms with Gasteiger partial charge in [-0.3, -0.25) is 4.79 Å². The van der Waals surface area contributed by atoms with Crippen LogP contribution in [0.4, 0.5) is 5.69 Å². The summed E-state index contributed by atoms with van der Waals surface area (Å²) in [6.07, 6.45) is 10.7. The van der Waals surface area contributed by atoms with Crippen LogP contribution in [0.25, 0.3) is 11.1 Å². The number of amides is 1. The molecule has 0 aliphatic heterocycles. The van der Waals surface area contributed by atoms with Crippen molar-refractivity contribution in [2.24, 2.45) is 11.8 Å². The van der Waals surface area contributed by atoms with E-state index in [0.717, 1.165) is 36.6 Å². The first-order chi connectivity index (χ1) is 14.7. The summed E-state index contributed by atoms with van der Waals surface area (Å²) in [5.41, 5.74) is 5.96. The molecular formula is C27H35NO2. The van der Waals surface area contributed by atoms with E-state index in [1.54, 1.807) is 0 Å². The van der Waals surface area contributed by atoms with Crippen molar-refractivity contribution in [3.05, 3.63) is 47.5 Å². The number of aryl methyl sites for hydroxylation is 1. The fourth-order valence-corrected chi connectivity index (χ4v) is 4.73. The normalized spacial score (nSPS) is 17.0. The standard InChI is InChI=1S/C27H35NO2/c1-3-30-26-11-7-10-24(19(26)2)25-17-16-23(18-22(25)15-14-20-12-13-20)28-27(29)21-8-5-4-6-9-21/h7,10-11,16-18,20-21H,3-6,8-9,12-15H2,1-2H3,(H,28,29). The summed E-state index contributed by atoms with van der Waals surface area (Å²) in [6, 6.07) is 12.8. The Morgan fingerprint density at radius 2 is 1.83 bits per heavy atom.